The fourth-order valence-electron chi connectivity index (χ4n) is 2.48. The molecule has 1 amide bonds. The van der Waals surface area contributed by atoms with Crippen molar-refractivity contribution < 1.29 is 9.90 Å². The zero-order valence-corrected chi connectivity index (χ0v) is 10.3. The number of rotatable bonds is 3. The van der Waals surface area contributed by atoms with Crippen molar-refractivity contribution in [3.05, 3.63) is 0 Å². The van der Waals surface area contributed by atoms with Crippen LogP contribution in [-0.2, 0) is 4.79 Å². The standard InChI is InChI=1S/C12H19N3O2/c1-12(2,6-16)10(14)11(17)15-8(5-13)3-7-4-9(7)15/h7-10,16H,3-4,6,14H2,1-2H3/t7?,8?,9?,10-/m1/s1. The summed E-state index contributed by atoms with van der Waals surface area (Å²) in [6.07, 6.45) is 1.77. The van der Waals surface area contributed by atoms with Gasteiger partial charge in [0.15, 0.2) is 0 Å². The normalized spacial score (nSPS) is 32.9. The first kappa shape index (κ1) is 12.3. The Hall–Kier alpha value is -1.12. The zero-order chi connectivity index (χ0) is 12.8. The van der Waals surface area contributed by atoms with Crippen LogP contribution in [0.4, 0.5) is 0 Å². The van der Waals surface area contributed by atoms with Gasteiger partial charge in [0.05, 0.1) is 18.7 Å². The van der Waals surface area contributed by atoms with Crippen LogP contribution in [0.15, 0.2) is 0 Å². The minimum Gasteiger partial charge on any atom is -0.396 e. The van der Waals surface area contributed by atoms with E-state index >= 15 is 0 Å². The van der Waals surface area contributed by atoms with Crippen LogP contribution in [0.5, 0.6) is 0 Å². The van der Waals surface area contributed by atoms with Crippen LogP contribution in [0.25, 0.3) is 0 Å². The van der Waals surface area contributed by atoms with Gasteiger partial charge in [-0.15, -0.1) is 0 Å². The molecule has 0 aromatic rings. The average Bonchev–Trinajstić information content (AvgIpc) is 2.98. The Morgan fingerprint density at radius 3 is 2.82 bits per heavy atom. The van der Waals surface area contributed by atoms with E-state index in [2.05, 4.69) is 6.07 Å². The summed E-state index contributed by atoms with van der Waals surface area (Å²) in [5.41, 5.74) is 5.27. The molecular weight excluding hydrogens is 218 g/mol. The number of hydrogen-bond donors (Lipinski definition) is 2. The highest BCUT2D eigenvalue weighted by molar-refractivity contribution is 5.84. The Kier molecular flexibility index (Phi) is 2.88. The number of aliphatic hydroxyl groups is 1. The molecule has 2 fully saturated rings. The molecule has 2 rings (SSSR count). The third-order valence-electron chi connectivity index (χ3n) is 4.02. The highest BCUT2D eigenvalue weighted by Gasteiger charge is 2.55. The second-order valence-corrected chi connectivity index (χ2v) is 5.81. The average molecular weight is 237 g/mol. The lowest BCUT2D eigenvalue weighted by molar-refractivity contribution is -0.137. The fourth-order valence-corrected chi connectivity index (χ4v) is 2.48. The van der Waals surface area contributed by atoms with E-state index in [0.29, 0.717) is 5.92 Å². The van der Waals surface area contributed by atoms with Crippen molar-refractivity contribution in [3.8, 4) is 6.07 Å². The van der Waals surface area contributed by atoms with Crippen molar-refractivity contribution in [2.24, 2.45) is 17.1 Å². The molecule has 2 aliphatic rings. The molecule has 0 spiro atoms. The van der Waals surface area contributed by atoms with E-state index in [1.54, 1.807) is 18.7 Å². The largest absolute Gasteiger partial charge is 0.396 e. The molecule has 0 aromatic heterocycles. The Morgan fingerprint density at radius 1 is 1.65 bits per heavy atom. The van der Waals surface area contributed by atoms with Crippen LogP contribution in [0.2, 0.25) is 0 Å². The highest BCUT2D eigenvalue weighted by atomic mass is 16.3. The summed E-state index contributed by atoms with van der Waals surface area (Å²) in [4.78, 5) is 13.9. The first-order valence-corrected chi connectivity index (χ1v) is 6.00. The zero-order valence-electron chi connectivity index (χ0n) is 10.3. The summed E-state index contributed by atoms with van der Waals surface area (Å²) in [5, 5.41) is 18.3. The van der Waals surface area contributed by atoms with Crippen molar-refractivity contribution in [1.29, 1.82) is 5.26 Å². The number of nitriles is 1. The number of hydrogen-bond acceptors (Lipinski definition) is 4. The Labute approximate surface area is 101 Å². The highest BCUT2D eigenvalue weighted by Crippen LogP contribution is 2.48. The fraction of sp³-hybridized carbons (Fsp3) is 0.833. The van der Waals surface area contributed by atoms with Gasteiger partial charge in [-0.2, -0.15) is 5.26 Å². The SMILES string of the molecule is CC(C)(CO)[C@H](N)C(=O)N1C(C#N)CC2CC21. The summed E-state index contributed by atoms with van der Waals surface area (Å²) in [7, 11) is 0. The first-order valence-electron chi connectivity index (χ1n) is 6.00. The number of piperidine rings is 1. The van der Waals surface area contributed by atoms with Gasteiger partial charge in [-0.25, -0.2) is 0 Å². The molecule has 1 saturated heterocycles. The van der Waals surface area contributed by atoms with Gasteiger partial charge in [0.1, 0.15) is 6.04 Å². The van der Waals surface area contributed by atoms with Crippen molar-refractivity contribution in [2.45, 2.75) is 44.8 Å². The van der Waals surface area contributed by atoms with E-state index in [0.717, 1.165) is 12.8 Å². The van der Waals surface area contributed by atoms with Crippen molar-refractivity contribution in [2.75, 3.05) is 6.61 Å². The van der Waals surface area contributed by atoms with E-state index < -0.39 is 11.5 Å². The summed E-state index contributed by atoms with van der Waals surface area (Å²) < 4.78 is 0. The number of likely N-dealkylation sites (tertiary alicyclic amines) is 1. The van der Waals surface area contributed by atoms with Crippen LogP contribution in [-0.4, -0.2) is 40.6 Å². The number of nitrogens with two attached hydrogens (primary N) is 1. The molecule has 1 aliphatic carbocycles. The van der Waals surface area contributed by atoms with E-state index in [1.165, 1.54) is 0 Å². The second-order valence-electron chi connectivity index (χ2n) is 5.81. The van der Waals surface area contributed by atoms with Gasteiger partial charge in [0, 0.05) is 11.5 Å². The molecule has 17 heavy (non-hydrogen) atoms. The lowest BCUT2D eigenvalue weighted by Gasteiger charge is -2.33. The van der Waals surface area contributed by atoms with E-state index in [4.69, 9.17) is 11.0 Å². The second kappa shape index (κ2) is 3.97. The van der Waals surface area contributed by atoms with Gasteiger partial charge in [-0.1, -0.05) is 13.8 Å². The maximum atomic E-state index is 12.3. The maximum absolute atomic E-state index is 12.3. The summed E-state index contributed by atoms with van der Waals surface area (Å²) in [6.45, 7) is 3.38. The molecule has 5 heteroatoms. The molecule has 3 unspecified atom stereocenters. The monoisotopic (exact) mass is 237 g/mol. The minimum absolute atomic E-state index is 0.140. The van der Waals surface area contributed by atoms with Gasteiger partial charge < -0.3 is 15.7 Å². The molecule has 4 atom stereocenters. The lowest BCUT2D eigenvalue weighted by atomic mass is 9.85. The summed E-state index contributed by atoms with van der Waals surface area (Å²) in [5.74, 6) is 0.300. The smallest absolute Gasteiger partial charge is 0.241 e. The number of carbonyl (C=O) groups is 1. The summed E-state index contributed by atoms with van der Waals surface area (Å²) in [6, 6.07) is 1.31. The number of nitrogens with zero attached hydrogens (tertiary/aromatic N) is 2. The number of fused-ring (bicyclic) bond motifs is 1. The Bertz CT molecular complexity index is 374. The Morgan fingerprint density at radius 2 is 2.29 bits per heavy atom. The predicted molar refractivity (Wildman–Crippen MR) is 61.6 cm³/mol. The van der Waals surface area contributed by atoms with E-state index in [9.17, 15) is 9.90 Å². The predicted octanol–water partition coefficient (Wildman–Crippen LogP) is -0.155. The molecule has 1 aliphatic heterocycles. The van der Waals surface area contributed by atoms with Crippen molar-refractivity contribution >= 4 is 5.91 Å². The van der Waals surface area contributed by atoms with Crippen LogP contribution in [0.1, 0.15) is 26.7 Å². The molecule has 3 N–H and O–H groups in total. The lowest BCUT2D eigenvalue weighted by Crippen LogP contribution is -2.54. The molecular formula is C12H19N3O2. The molecule has 5 nitrogen and oxygen atoms in total. The molecule has 94 valence electrons. The number of aliphatic hydroxyl groups excluding tert-OH is 1. The molecule has 1 saturated carbocycles. The third kappa shape index (κ3) is 1.92. The topological polar surface area (TPSA) is 90.3 Å². The van der Waals surface area contributed by atoms with Crippen LogP contribution >= 0.6 is 0 Å². The molecule has 1 heterocycles. The minimum atomic E-state index is -0.748. The Balaban J connectivity index is 2.12. The molecule has 0 radical (unpaired) electrons. The van der Waals surface area contributed by atoms with Crippen LogP contribution in [0.3, 0.4) is 0 Å². The van der Waals surface area contributed by atoms with Crippen molar-refractivity contribution in [3.63, 3.8) is 0 Å². The van der Waals surface area contributed by atoms with E-state index in [-0.39, 0.29) is 24.6 Å². The van der Waals surface area contributed by atoms with Gasteiger partial charge >= 0.3 is 0 Å². The number of carbonyl (C=O) groups excluding carboxylic acids is 1. The van der Waals surface area contributed by atoms with Gasteiger partial charge in [-0.05, 0) is 18.8 Å². The summed E-state index contributed by atoms with van der Waals surface area (Å²) >= 11 is 0. The molecule has 0 bridgehead atoms. The van der Waals surface area contributed by atoms with Crippen LogP contribution < -0.4 is 5.73 Å². The van der Waals surface area contributed by atoms with E-state index in [1.807, 2.05) is 0 Å². The maximum Gasteiger partial charge on any atom is 0.241 e. The van der Waals surface area contributed by atoms with Crippen molar-refractivity contribution in [1.82, 2.24) is 4.90 Å². The quantitative estimate of drug-likeness (QED) is 0.714. The first-order chi connectivity index (χ1) is 7.92. The van der Waals surface area contributed by atoms with Gasteiger partial charge in [-0.3, -0.25) is 4.79 Å². The van der Waals surface area contributed by atoms with Crippen LogP contribution in [0, 0.1) is 22.7 Å². The third-order valence-corrected chi connectivity index (χ3v) is 4.02. The van der Waals surface area contributed by atoms with Gasteiger partial charge in [0.25, 0.3) is 0 Å². The van der Waals surface area contributed by atoms with Gasteiger partial charge in [0.2, 0.25) is 5.91 Å². The molecule has 0 aromatic carbocycles. The number of amides is 1.